The molecule has 1 heterocycles. The lowest BCUT2D eigenvalue weighted by atomic mass is 9.60. The van der Waals surface area contributed by atoms with Crippen LogP contribution in [0.15, 0.2) is 0 Å². The first-order valence-electron chi connectivity index (χ1n) is 6.16. The van der Waals surface area contributed by atoms with E-state index in [9.17, 15) is 9.90 Å². The minimum Gasteiger partial charge on any atom is -0.465 e. The Morgan fingerprint density at radius 3 is 2.53 bits per heavy atom. The van der Waals surface area contributed by atoms with Gasteiger partial charge < -0.3 is 9.84 Å². The first kappa shape index (κ1) is 14.8. The Morgan fingerprint density at radius 1 is 1.47 bits per heavy atom. The first-order valence-corrected chi connectivity index (χ1v) is 7.32. The number of hydrogen-bond donors (Lipinski definition) is 1. The molecule has 0 aromatic carbocycles. The summed E-state index contributed by atoms with van der Waals surface area (Å²) in [6, 6.07) is 0. The van der Waals surface area contributed by atoms with Crippen LogP contribution in [-0.2, 0) is 9.53 Å². The van der Waals surface area contributed by atoms with Gasteiger partial charge in [0.05, 0.1) is 17.6 Å². The van der Waals surface area contributed by atoms with E-state index in [1.165, 1.54) is 0 Å². The zero-order valence-corrected chi connectivity index (χ0v) is 12.3. The number of carbonyl (C=O) groups is 1. The van der Waals surface area contributed by atoms with Crippen LogP contribution in [0.4, 0.5) is 0 Å². The van der Waals surface area contributed by atoms with Crippen LogP contribution in [0.3, 0.4) is 0 Å². The predicted molar refractivity (Wildman–Crippen MR) is 71.1 cm³/mol. The van der Waals surface area contributed by atoms with Crippen LogP contribution < -0.4 is 0 Å². The highest BCUT2D eigenvalue weighted by Crippen LogP contribution is 2.51. The number of carbonyl (C=O) groups excluding carboxylic acids is 1. The van der Waals surface area contributed by atoms with Gasteiger partial charge in [0.2, 0.25) is 0 Å². The maximum absolute atomic E-state index is 12.1. The van der Waals surface area contributed by atoms with Crippen molar-refractivity contribution in [1.29, 1.82) is 0 Å². The lowest BCUT2D eigenvalue weighted by molar-refractivity contribution is -0.185. The minimum atomic E-state index is -1.02. The summed E-state index contributed by atoms with van der Waals surface area (Å²) in [7, 11) is 0. The van der Waals surface area contributed by atoms with E-state index in [4.69, 9.17) is 4.74 Å². The zero-order valence-electron chi connectivity index (χ0n) is 11.5. The number of esters is 1. The van der Waals surface area contributed by atoms with Crippen molar-refractivity contribution in [2.75, 3.05) is 18.1 Å². The molecule has 0 radical (unpaired) electrons. The third-order valence-electron chi connectivity index (χ3n) is 4.12. The van der Waals surface area contributed by atoms with E-state index in [1.807, 2.05) is 13.8 Å². The van der Waals surface area contributed by atoms with E-state index in [1.54, 1.807) is 32.5 Å². The maximum Gasteiger partial charge on any atom is 0.314 e. The number of rotatable bonds is 3. The summed E-state index contributed by atoms with van der Waals surface area (Å²) in [5, 5.41) is 11.0. The van der Waals surface area contributed by atoms with E-state index >= 15 is 0 Å². The van der Waals surface area contributed by atoms with Gasteiger partial charge in [-0.2, -0.15) is 11.8 Å². The molecule has 4 heteroatoms. The van der Waals surface area contributed by atoms with Crippen LogP contribution in [-0.4, -0.2) is 34.8 Å². The van der Waals surface area contributed by atoms with Crippen molar-refractivity contribution in [2.24, 2.45) is 10.8 Å². The monoisotopic (exact) mass is 260 g/mol. The van der Waals surface area contributed by atoms with Crippen molar-refractivity contribution in [3.05, 3.63) is 0 Å². The SMILES string of the molecule is CCOC(=O)C(C)(C)C1(O)CSCCC1(C)C. The molecule has 0 amide bonds. The molecule has 0 spiro atoms. The molecule has 17 heavy (non-hydrogen) atoms. The number of hydrogen-bond acceptors (Lipinski definition) is 4. The van der Waals surface area contributed by atoms with E-state index < -0.39 is 11.0 Å². The molecule has 1 fully saturated rings. The Morgan fingerprint density at radius 2 is 2.06 bits per heavy atom. The molecule has 1 saturated heterocycles. The molecule has 1 rings (SSSR count). The third kappa shape index (κ3) is 2.34. The molecular formula is C13H24O3S. The number of ether oxygens (including phenoxy) is 1. The molecular weight excluding hydrogens is 236 g/mol. The third-order valence-corrected chi connectivity index (χ3v) is 5.24. The average molecular weight is 260 g/mol. The zero-order chi connectivity index (χ0) is 13.3. The molecule has 1 aliphatic rings. The van der Waals surface area contributed by atoms with Gasteiger partial charge in [0.25, 0.3) is 0 Å². The van der Waals surface area contributed by atoms with Crippen molar-refractivity contribution >= 4 is 17.7 Å². The quantitative estimate of drug-likeness (QED) is 0.792. The minimum absolute atomic E-state index is 0.269. The summed E-state index contributed by atoms with van der Waals surface area (Å²) >= 11 is 1.71. The fourth-order valence-corrected chi connectivity index (χ4v) is 4.30. The standard InChI is InChI=1S/C13H24O3S/c1-6-16-10(14)12(4,5)13(15)9-17-8-7-11(13,2)3/h15H,6-9H2,1-5H3. The van der Waals surface area contributed by atoms with E-state index in [2.05, 4.69) is 0 Å². The summed E-state index contributed by atoms with van der Waals surface area (Å²) in [5.41, 5.74) is -2.16. The van der Waals surface area contributed by atoms with Gasteiger partial charge in [-0.25, -0.2) is 0 Å². The Bertz CT molecular complexity index is 299. The topological polar surface area (TPSA) is 46.5 Å². The Kier molecular flexibility index (Phi) is 4.20. The van der Waals surface area contributed by atoms with Gasteiger partial charge in [-0.1, -0.05) is 13.8 Å². The van der Waals surface area contributed by atoms with E-state index in [-0.39, 0.29) is 11.4 Å². The van der Waals surface area contributed by atoms with Gasteiger partial charge in [0.15, 0.2) is 0 Å². The van der Waals surface area contributed by atoms with Crippen LogP contribution in [0, 0.1) is 10.8 Å². The Hall–Kier alpha value is -0.220. The highest BCUT2D eigenvalue weighted by molar-refractivity contribution is 7.99. The normalized spacial score (nSPS) is 28.8. The molecule has 0 saturated carbocycles. The predicted octanol–water partition coefficient (Wildman–Crippen LogP) is 2.47. The van der Waals surface area contributed by atoms with E-state index in [0.717, 1.165) is 12.2 Å². The van der Waals surface area contributed by atoms with E-state index in [0.29, 0.717) is 12.4 Å². The number of aliphatic hydroxyl groups is 1. The molecule has 100 valence electrons. The molecule has 1 atom stereocenters. The smallest absolute Gasteiger partial charge is 0.314 e. The van der Waals surface area contributed by atoms with Crippen LogP contribution in [0.1, 0.15) is 41.0 Å². The molecule has 1 unspecified atom stereocenters. The van der Waals surface area contributed by atoms with Crippen molar-refractivity contribution < 1.29 is 14.6 Å². The molecule has 0 aliphatic carbocycles. The fourth-order valence-electron chi connectivity index (χ4n) is 2.46. The van der Waals surface area contributed by atoms with Gasteiger partial charge in [-0.15, -0.1) is 0 Å². The second-order valence-electron chi connectivity index (χ2n) is 5.89. The Labute approximate surface area is 108 Å². The van der Waals surface area contributed by atoms with Crippen LogP contribution in [0.2, 0.25) is 0 Å². The summed E-state index contributed by atoms with van der Waals surface area (Å²) < 4.78 is 5.11. The van der Waals surface area contributed by atoms with Gasteiger partial charge in [0, 0.05) is 5.75 Å². The summed E-state index contributed by atoms with van der Waals surface area (Å²) in [4.78, 5) is 12.1. The second kappa shape index (κ2) is 4.81. The highest BCUT2D eigenvalue weighted by atomic mass is 32.2. The molecule has 1 N–H and O–H groups in total. The van der Waals surface area contributed by atoms with Gasteiger partial charge in [0.1, 0.15) is 0 Å². The van der Waals surface area contributed by atoms with Gasteiger partial charge in [-0.3, -0.25) is 4.79 Å². The first-order chi connectivity index (χ1) is 7.69. The summed E-state index contributed by atoms with van der Waals surface area (Å²) in [5.74, 6) is 1.32. The lowest BCUT2D eigenvalue weighted by Gasteiger charge is -2.53. The van der Waals surface area contributed by atoms with Crippen molar-refractivity contribution in [2.45, 2.75) is 46.6 Å². The van der Waals surface area contributed by atoms with Crippen molar-refractivity contribution in [3.8, 4) is 0 Å². The van der Waals surface area contributed by atoms with Crippen molar-refractivity contribution in [1.82, 2.24) is 0 Å². The molecule has 0 aromatic heterocycles. The fraction of sp³-hybridized carbons (Fsp3) is 0.923. The maximum atomic E-state index is 12.1. The van der Waals surface area contributed by atoms with Crippen molar-refractivity contribution in [3.63, 3.8) is 0 Å². The molecule has 0 bridgehead atoms. The molecule has 0 aromatic rings. The lowest BCUT2D eigenvalue weighted by Crippen LogP contribution is -2.62. The largest absolute Gasteiger partial charge is 0.465 e. The molecule has 1 aliphatic heterocycles. The van der Waals surface area contributed by atoms with Gasteiger partial charge in [-0.05, 0) is 38.4 Å². The van der Waals surface area contributed by atoms with Crippen LogP contribution in [0.25, 0.3) is 0 Å². The van der Waals surface area contributed by atoms with Crippen LogP contribution in [0.5, 0.6) is 0 Å². The molecule has 3 nitrogen and oxygen atoms in total. The Balaban J connectivity index is 3.05. The van der Waals surface area contributed by atoms with Crippen LogP contribution >= 0.6 is 11.8 Å². The summed E-state index contributed by atoms with van der Waals surface area (Å²) in [6.45, 7) is 9.79. The average Bonchev–Trinajstić information content (AvgIpc) is 2.22. The summed E-state index contributed by atoms with van der Waals surface area (Å²) in [6.07, 6.45) is 0.914. The highest BCUT2D eigenvalue weighted by Gasteiger charge is 2.59. The second-order valence-corrected chi connectivity index (χ2v) is 7.00. The number of thioether (sulfide) groups is 1. The van der Waals surface area contributed by atoms with Gasteiger partial charge >= 0.3 is 5.97 Å².